The molecule has 1 amide bonds. The molecular weight excluding hydrogens is 264 g/mol. The lowest BCUT2D eigenvalue weighted by atomic mass is 9.96. The zero-order valence-corrected chi connectivity index (χ0v) is 11.4. The van der Waals surface area contributed by atoms with Crippen LogP contribution in [0.3, 0.4) is 0 Å². The van der Waals surface area contributed by atoms with Gasteiger partial charge in [0.2, 0.25) is 5.91 Å². The van der Waals surface area contributed by atoms with E-state index in [0.717, 1.165) is 35.5 Å². The van der Waals surface area contributed by atoms with Crippen LogP contribution >= 0.6 is 11.6 Å². The van der Waals surface area contributed by atoms with Crippen LogP contribution in [0.5, 0.6) is 0 Å². The summed E-state index contributed by atoms with van der Waals surface area (Å²) in [5.41, 5.74) is 2.19. The van der Waals surface area contributed by atoms with Crippen LogP contribution in [0.25, 0.3) is 0 Å². The summed E-state index contributed by atoms with van der Waals surface area (Å²) < 4.78 is 5.41. The van der Waals surface area contributed by atoms with Crippen molar-refractivity contribution in [2.45, 2.75) is 31.5 Å². The molecule has 0 bridgehead atoms. The summed E-state index contributed by atoms with van der Waals surface area (Å²) in [6, 6.07) is 5.78. The first-order valence-corrected chi connectivity index (χ1v) is 7.03. The van der Waals surface area contributed by atoms with Gasteiger partial charge in [-0.2, -0.15) is 0 Å². The lowest BCUT2D eigenvalue weighted by Gasteiger charge is -2.29. The standard InChI is InChI=1S/C14H17ClN2O2/c15-10-4-1-3-9-7-16-8-11(13(9)10)17-14(18)12-5-2-6-19-12/h1,3-4,11-12,16H,2,5-8H2,(H,17,18). The van der Waals surface area contributed by atoms with Crippen LogP contribution in [0, 0.1) is 0 Å². The smallest absolute Gasteiger partial charge is 0.249 e. The van der Waals surface area contributed by atoms with Gasteiger partial charge in [-0.05, 0) is 30.0 Å². The van der Waals surface area contributed by atoms with Gasteiger partial charge in [0.25, 0.3) is 0 Å². The van der Waals surface area contributed by atoms with Gasteiger partial charge in [0.05, 0.1) is 6.04 Å². The van der Waals surface area contributed by atoms with Gasteiger partial charge in [-0.1, -0.05) is 23.7 Å². The maximum Gasteiger partial charge on any atom is 0.249 e. The third kappa shape index (κ3) is 2.61. The molecular formula is C14H17ClN2O2. The fraction of sp³-hybridized carbons (Fsp3) is 0.500. The Hall–Kier alpha value is -1.10. The van der Waals surface area contributed by atoms with Crippen molar-refractivity contribution in [1.29, 1.82) is 0 Å². The van der Waals surface area contributed by atoms with Crippen molar-refractivity contribution in [2.75, 3.05) is 13.2 Å². The van der Waals surface area contributed by atoms with Gasteiger partial charge in [0.15, 0.2) is 0 Å². The lowest BCUT2D eigenvalue weighted by Crippen LogP contribution is -2.43. The number of fused-ring (bicyclic) bond motifs is 1. The summed E-state index contributed by atoms with van der Waals surface area (Å²) >= 11 is 6.27. The van der Waals surface area contributed by atoms with E-state index in [9.17, 15) is 4.79 Å². The molecule has 2 atom stereocenters. The number of rotatable bonds is 2. The SMILES string of the molecule is O=C(NC1CNCc2cccc(Cl)c21)C1CCCO1. The van der Waals surface area contributed by atoms with Crippen LogP contribution in [-0.2, 0) is 16.1 Å². The highest BCUT2D eigenvalue weighted by molar-refractivity contribution is 6.31. The van der Waals surface area contributed by atoms with Crippen molar-refractivity contribution in [3.8, 4) is 0 Å². The van der Waals surface area contributed by atoms with E-state index in [1.807, 2.05) is 18.2 Å². The summed E-state index contributed by atoms with van der Waals surface area (Å²) in [5, 5.41) is 7.07. The molecule has 2 unspecified atom stereocenters. The Balaban J connectivity index is 1.78. The Bertz CT molecular complexity index is 486. The first-order chi connectivity index (χ1) is 9.25. The topological polar surface area (TPSA) is 50.4 Å². The summed E-state index contributed by atoms with van der Waals surface area (Å²) in [6.07, 6.45) is 1.47. The molecule has 1 aromatic rings. The predicted molar refractivity (Wildman–Crippen MR) is 73.0 cm³/mol. The quantitative estimate of drug-likeness (QED) is 0.868. The molecule has 19 heavy (non-hydrogen) atoms. The average Bonchev–Trinajstić information content (AvgIpc) is 2.93. The number of halogens is 1. The van der Waals surface area contributed by atoms with Crippen LogP contribution < -0.4 is 10.6 Å². The second kappa shape index (κ2) is 5.49. The lowest BCUT2D eigenvalue weighted by molar-refractivity contribution is -0.130. The highest BCUT2D eigenvalue weighted by Crippen LogP contribution is 2.29. The molecule has 1 fully saturated rings. The van der Waals surface area contributed by atoms with Crippen LogP contribution in [0.2, 0.25) is 5.02 Å². The van der Waals surface area contributed by atoms with Gasteiger partial charge in [-0.15, -0.1) is 0 Å². The minimum Gasteiger partial charge on any atom is -0.368 e. The Labute approximate surface area is 117 Å². The molecule has 0 aliphatic carbocycles. The molecule has 0 aromatic heterocycles. The van der Waals surface area contributed by atoms with E-state index in [2.05, 4.69) is 10.6 Å². The number of hydrogen-bond acceptors (Lipinski definition) is 3. The Morgan fingerprint density at radius 3 is 3.16 bits per heavy atom. The summed E-state index contributed by atoms with van der Waals surface area (Å²) in [5.74, 6) is -0.0305. The van der Waals surface area contributed by atoms with Gasteiger partial charge in [-0.25, -0.2) is 0 Å². The third-order valence-corrected chi connectivity index (χ3v) is 4.02. The van der Waals surface area contributed by atoms with E-state index < -0.39 is 0 Å². The van der Waals surface area contributed by atoms with Crippen LogP contribution in [-0.4, -0.2) is 25.2 Å². The van der Waals surface area contributed by atoms with E-state index in [4.69, 9.17) is 16.3 Å². The van der Waals surface area contributed by atoms with Gasteiger partial charge in [0.1, 0.15) is 6.10 Å². The summed E-state index contributed by atoms with van der Waals surface area (Å²) in [4.78, 5) is 12.1. The molecule has 3 rings (SSSR count). The Morgan fingerprint density at radius 2 is 2.37 bits per heavy atom. The number of benzene rings is 1. The van der Waals surface area contributed by atoms with Crippen LogP contribution in [0.4, 0.5) is 0 Å². The first kappa shape index (κ1) is 12.9. The number of amides is 1. The van der Waals surface area contributed by atoms with Crippen LogP contribution in [0.15, 0.2) is 18.2 Å². The number of carbonyl (C=O) groups excluding carboxylic acids is 1. The normalized spacial score (nSPS) is 25.9. The van der Waals surface area contributed by atoms with Gasteiger partial charge in [0, 0.05) is 24.7 Å². The highest BCUT2D eigenvalue weighted by Gasteiger charge is 2.29. The summed E-state index contributed by atoms with van der Waals surface area (Å²) in [7, 11) is 0. The van der Waals surface area contributed by atoms with E-state index in [-0.39, 0.29) is 18.1 Å². The fourth-order valence-electron chi connectivity index (χ4n) is 2.75. The monoisotopic (exact) mass is 280 g/mol. The second-order valence-electron chi connectivity index (χ2n) is 5.01. The largest absolute Gasteiger partial charge is 0.368 e. The first-order valence-electron chi connectivity index (χ1n) is 6.65. The molecule has 1 saturated heterocycles. The molecule has 2 aliphatic rings. The van der Waals surface area contributed by atoms with Crippen molar-refractivity contribution in [1.82, 2.24) is 10.6 Å². The van der Waals surface area contributed by atoms with E-state index in [1.165, 1.54) is 0 Å². The minimum absolute atomic E-state index is 0.0305. The molecule has 0 spiro atoms. The molecule has 4 nitrogen and oxygen atoms in total. The highest BCUT2D eigenvalue weighted by atomic mass is 35.5. The number of carbonyl (C=O) groups is 1. The minimum atomic E-state index is -0.298. The molecule has 0 saturated carbocycles. The van der Waals surface area contributed by atoms with Crippen molar-refractivity contribution in [3.63, 3.8) is 0 Å². The molecule has 2 N–H and O–H groups in total. The van der Waals surface area contributed by atoms with E-state index >= 15 is 0 Å². The molecule has 2 heterocycles. The van der Waals surface area contributed by atoms with E-state index in [1.54, 1.807) is 0 Å². The average molecular weight is 281 g/mol. The fourth-order valence-corrected chi connectivity index (χ4v) is 3.08. The van der Waals surface area contributed by atoms with Crippen molar-refractivity contribution < 1.29 is 9.53 Å². The molecule has 0 radical (unpaired) electrons. The summed E-state index contributed by atoms with van der Waals surface area (Å²) in [6.45, 7) is 2.18. The molecule has 1 aromatic carbocycles. The number of nitrogens with one attached hydrogen (secondary N) is 2. The van der Waals surface area contributed by atoms with Crippen LogP contribution in [0.1, 0.15) is 30.0 Å². The van der Waals surface area contributed by atoms with Gasteiger partial charge < -0.3 is 15.4 Å². The maximum atomic E-state index is 12.1. The zero-order valence-electron chi connectivity index (χ0n) is 10.6. The zero-order chi connectivity index (χ0) is 13.2. The van der Waals surface area contributed by atoms with Gasteiger partial charge >= 0.3 is 0 Å². The van der Waals surface area contributed by atoms with Crippen molar-refractivity contribution in [3.05, 3.63) is 34.3 Å². The maximum absolute atomic E-state index is 12.1. The molecule has 2 aliphatic heterocycles. The van der Waals surface area contributed by atoms with Crippen molar-refractivity contribution >= 4 is 17.5 Å². The predicted octanol–water partition coefficient (Wildman–Crippen LogP) is 1.78. The molecule has 102 valence electrons. The van der Waals surface area contributed by atoms with Crippen molar-refractivity contribution in [2.24, 2.45) is 0 Å². The van der Waals surface area contributed by atoms with Gasteiger partial charge in [-0.3, -0.25) is 4.79 Å². The third-order valence-electron chi connectivity index (χ3n) is 3.69. The Morgan fingerprint density at radius 1 is 1.47 bits per heavy atom. The number of hydrogen-bond donors (Lipinski definition) is 2. The Kier molecular flexibility index (Phi) is 3.73. The molecule has 5 heteroatoms. The number of ether oxygens (including phenoxy) is 1. The van der Waals surface area contributed by atoms with E-state index in [0.29, 0.717) is 13.2 Å². The second-order valence-corrected chi connectivity index (χ2v) is 5.41.